The van der Waals surface area contributed by atoms with E-state index in [1.807, 2.05) is 0 Å². The van der Waals surface area contributed by atoms with Gasteiger partial charge in [0.2, 0.25) is 0 Å². The number of benzene rings is 3. The van der Waals surface area contributed by atoms with Crippen LogP contribution in [0.2, 0.25) is 0 Å². The predicted octanol–water partition coefficient (Wildman–Crippen LogP) is 4.19. The molecule has 8 nitrogen and oxygen atoms in total. The number of nitrogens with one attached hydrogen (secondary N) is 1. The van der Waals surface area contributed by atoms with E-state index in [2.05, 4.69) is 5.32 Å². The van der Waals surface area contributed by atoms with Crippen LogP contribution in [0.15, 0.2) is 83.8 Å². The smallest absolute Gasteiger partial charge is 0.416 e. The van der Waals surface area contributed by atoms with Crippen LogP contribution in [0.5, 0.6) is 5.75 Å². The number of hydrogen-bond acceptors (Lipinski definition) is 6. The van der Waals surface area contributed by atoms with E-state index < -0.39 is 33.6 Å². The summed E-state index contributed by atoms with van der Waals surface area (Å²) < 4.78 is 70.7. The normalized spacial score (nSPS) is 11.4. The quantitative estimate of drug-likeness (QED) is 0.334. The summed E-state index contributed by atoms with van der Waals surface area (Å²) in [4.78, 5) is 28.9. The Morgan fingerprint density at radius 3 is 2.08 bits per heavy atom. The van der Waals surface area contributed by atoms with Gasteiger partial charge in [0.15, 0.2) is 5.75 Å². The molecule has 36 heavy (non-hydrogen) atoms. The number of carbonyl (C=O) groups excluding carboxylic acids is 2. The number of ether oxygens (including phenoxy) is 1. The van der Waals surface area contributed by atoms with Crippen LogP contribution in [-0.4, -0.2) is 33.4 Å². The zero-order valence-corrected chi connectivity index (χ0v) is 19.7. The van der Waals surface area contributed by atoms with Gasteiger partial charge in [-0.3, -0.25) is 9.59 Å². The molecule has 1 N–H and O–H groups in total. The summed E-state index contributed by atoms with van der Waals surface area (Å²) in [6.45, 7) is 1.43. The number of esters is 1. The van der Waals surface area contributed by atoms with E-state index in [0.29, 0.717) is 4.47 Å². The minimum absolute atomic E-state index is 0.0909. The first-order chi connectivity index (χ1) is 17.0. The molecule has 3 aromatic carbocycles. The van der Waals surface area contributed by atoms with Crippen molar-refractivity contribution in [2.75, 3.05) is 17.6 Å². The van der Waals surface area contributed by atoms with Gasteiger partial charge in [-0.2, -0.15) is 21.6 Å². The molecule has 0 aliphatic carbocycles. The summed E-state index contributed by atoms with van der Waals surface area (Å²) in [5.74, 6) is -1.39. The lowest BCUT2D eigenvalue weighted by atomic mass is 10.2. The van der Waals surface area contributed by atoms with Gasteiger partial charge in [-0.1, -0.05) is 22.7 Å². The lowest BCUT2D eigenvalue weighted by Crippen LogP contribution is -2.34. The number of anilines is 1. The van der Waals surface area contributed by atoms with Crippen molar-refractivity contribution in [1.82, 2.24) is 5.32 Å². The fourth-order valence-electron chi connectivity index (χ4n) is 2.93. The maximum Gasteiger partial charge on any atom is 0.416 e. The monoisotopic (exact) mass is 522 g/mol. The zero-order chi connectivity index (χ0) is 26.3. The highest BCUT2D eigenvalue weighted by molar-refractivity contribution is 7.92. The van der Waals surface area contributed by atoms with Crippen LogP contribution < -0.4 is 14.6 Å². The molecular formula is C24H21F3N2O6S. The Morgan fingerprint density at radius 2 is 1.53 bits per heavy atom. The van der Waals surface area contributed by atoms with Crippen LogP contribution >= 0.6 is 0 Å². The highest BCUT2D eigenvalue weighted by atomic mass is 32.2. The third kappa shape index (κ3) is 6.54. The van der Waals surface area contributed by atoms with Crippen LogP contribution in [0.4, 0.5) is 18.9 Å². The largest absolute Gasteiger partial charge is 0.465 e. The van der Waals surface area contributed by atoms with E-state index in [4.69, 9.17) is 9.57 Å². The summed E-state index contributed by atoms with van der Waals surface area (Å²) in [5, 5.41) is 2.36. The first kappa shape index (κ1) is 26.5. The lowest BCUT2D eigenvalue weighted by molar-refractivity contribution is -0.142. The molecule has 0 bridgehead atoms. The number of halogens is 3. The number of sulfonamides is 1. The summed E-state index contributed by atoms with van der Waals surface area (Å²) in [7, 11) is -4.38. The zero-order valence-electron chi connectivity index (χ0n) is 18.9. The van der Waals surface area contributed by atoms with Crippen LogP contribution in [0.1, 0.15) is 22.8 Å². The number of amides is 1. The third-order valence-electron chi connectivity index (χ3n) is 4.67. The average Bonchev–Trinajstić information content (AvgIpc) is 2.86. The van der Waals surface area contributed by atoms with Crippen LogP contribution in [-0.2, 0) is 25.7 Å². The third-order valence-corrected chi connectivity index (χ3v) is 6.26. The maximum absolute atomic E-state index is 13.4. The molecule has 0 aliphatic heterocycles. The number of nitrogens with zero attached hydrogens (tertiary/aromatic N) is 1. The van der Waals surface area contributed by atoms with Crippen molar-refractivity contribution in [1.29, 1.82) is 0 Å². The molecule has 0 atom stereocenters. The van der Waals surface area contributed by atoms with Crippen LogP contribution in [0, 0.1) is 0 Å². The van der Waals surface area contributed by atoms with Gasteiger partial charge in [0.1, 0.15) is 6.54 Å². The summed E-state index contributed by atoms with van der Waals surface area (Å²) in [5.41, 5.74) is -0.734. The van der Waals surface area contributed by atoms with Crippen molar-refractivity contribution < 1.29 is 40.8 Å². The Bertz CT molecular complexity index is 1300. The van der Waals surface area contributed by atoms with Gasteiger partial charge in [0.05, 0.1) is 22.8 Å². The molecule has 0 radical (unpaired) electrons. The highest BCUT2D eigenvalue weighted by Crippen LogP contribution is 2.31. The van der Waals surface area contributed by atoms with Crippen molar-refractivity contribution in [3.8, 4) is 5.75 Å². The number of carbonyl (C=O) groups is 2. The second-order valence-corrected chi connectivity index (χ2v) is 8.95. The van der Waals surface area contributed by atoms with Gasteiger partial charge in [-0.25, -0.2) is 0 Å². The molecule has 0 aromatic heterocycles. The number of alkyl halides is 3. The van der Waals surface area contributed by atoms with Crippen molar-refractivity contribution >= 4 is 27.6 Å². The van der Waals surface area contributed by atoms with Crippen molar-refractivity contribution in [3.05, 3.63) is 90.0 Å². The number of para-hydroxylation sites is 1. The van der Waals surface area contributed by atoms with E-state index in [-0.39, 0.29) is 35.0 Å². The molecule has 3 rings (SSSR count). The number of rotatable bonds is 9. The Morgan fingerprint density at radius 1 is 0.917 bits per heavy atom. The molecule has 1 amide bonds. The fourth-order valence-corrected chi connectivity index (χ4v) is 4.19. The van der Waals surface area contributed by atoms with Gasteiger partial charge in [-0.05, 0) is 67.6 Å². The molecule has 0 aliphatic rings. The highest BCUT2D eigenvalue weighted by Gasteiger charge is 2.31. The molecule has 0 heterocycles. The Labute approximate surface area is 205 Å². The maximum atomic E-state index is 13.4. The molecule has 0 spiro atoms. The molecule has 0 fully saturated rings. The van der Waals surface area contributed by atoms with E-state index in [1.54, 1.807) is 25.1 Å². The summed E-state index contributed by atoms with van der Waals surface area (Å²) in [6.07, 6.45) is -4.56. The second-order valence-electron chi connectivity index (χ2n) is 7.19. The average molecular weight is 523 g/mol. The van der Waals surface area contributed by atoms with Crippen molar-refractivity contribution in [3.63, 3.8) is 0 Å². The first-order valence-corrected chi connectivity index (χ1v) is 12.0. The van der Waals surface area contributed by atoms with Crippen LogP contribution in [0.25, 0.3) is 0 Å². The van der Waals surface area contributed by atoms with E-state index in [0.717, 1.165) is 24.3 Å². The van der Waals surface area contributed by atoms with E-state index >= 15 is 0 Å². The van der Waals surface area contributed by atoms with Crippen LogP contribution in [0.3, 0.4) is 0 Å². The topological polar surface area (TPSA) is 102 Å². The van der Waals surface area contributed by atoms with Gasteiger partial charge in [-0.15, -0.1) is 0 Å². The Kier molecular flexibility index (Phi) is 8.20. The van der Waals surface area contributed by atoms with Crippen molar-refractivity contribution in [2.24, 2.45) is 0 Å². The van der Waals surface area contributed by atoms with Gasteiger partial charge < -0.3 is 14.9 Å². The van der Waals surface area contributed by atoms with Gasteiger partial charge in [0.25, 0.3) is 15.9 Å². The molecule has 3 aromatic rings. The van der Waals surface area contributed by atoms with Crippen molar-refractivity contribution in [2.45, 2.75) is 18.0 Å². The fraction of sp³-hybridized carbons (Fsp3) is 0.167. The predicted molar refractivity (Wildman–Crippen MR) is 124 cm³/mol. The molecule has 12 heteroatoms. The molecule has 0 saturated carbocycles. The second kappa shape index (κ2) is 11.1. The number of hydrogen-bond donors (Lipinski definition) is 1. The van der Waals surface area contributed by atoms with E-state index in [1.165, 1.54) is 36.4 Å². The summed E-state index contributed by atoms with van der Waals surface area (Å²) >= 11 is 0. The molecule has 0 saturated heterocycles. The van der Waals surface area contributed by atoms with Gasteiger partial charge >= 0.3 is 12.1 Å². The Balaban J connectivity index is 1.85. The molecule has 0 unspecified atom stereocenters. The molecular weight excluding hydrogens is 501 g/mol. The first-order valence-electron chi connectivity index (χ1n) is 10.5. The molecule has 190 valence electrons. The standard InChI is InChI=1S/C24H21F3N2O6S/c1-2-34-22(30)16-28-23(31)17-8-14-21(15-9-17)36(32,33)29(19-6-4-3-5-7-19)35-20-12-10-18(11-13-20)24(25,26)27/h3-15H,2,16H2,1H3,(H,28,31). The SMILES string of the molecule is CCOC(=O)CNC(=O)c1ccc(S(=O)(=O)N(Oc2ccc(C(F)(F)F)cc2)c2ccccc2)cc1. The minimum atomic E-state index is -4.56. The lowest BCUT2D eigenvalue weighted by Gasteiger charge is -2.24. The van der Waals surface area contributed by atoms with E-state index in [9.17, 15) is 31.2 Å². The summed E-state index contributed by atoms with van der Waals surface area (Å²) in [6, 6.07) is 16.0. The Hall–Kier alpha value is -4.06. The minimum Gasteiger partial charge on any atom is -0.465 e. The van der Waals surface area contributed by atoms with Gasteiger partial charge in [0, 0.05) is 5.56 Å².